The van der Waals surface area contributed by atoms with Crippen molar-refractivity contribution in [1.82, 2.24) is 4.98 Å². The molecular formula is C12H18ClNS. The van der Waals surface area contributed by atoms with Crippen LogP contribution in [0, 0.1) is 5.92 Å². The predicted octanol–water partition coefficient (Wildman–Crippen LogP) is 4.39. The van der Waals surface area contributed by atoms with Gasteiger partial charge >= 0.3 is 0 Å². The van der Waals surface area contributed by atoms with Gasteiger partial charge in [0, 0.05) is 5.38 Å². The van der Waals surface area contributed by atoms with Gasteiger partial charge in [0.25, 0.3) is 0 Å². The van der Waals surface area contributed by atoms with Gasteiger partial charge in [-0.2, -0.15) is 0 Å². The van der Waals surface area contributed by atoms with Crippen LogP contribution in [0.25, 0.3) is 0 Å². The van der Waals surface area contributed by atoms with Crippen LogP contribution >= 0.6 is 22.9 Å². The topological polar surface area (TPSA) is 12.9 Å². The molecule has 0 saturated heterocycles. The van der Waals surface area contributed by atoms with Crippen LogP contribution in [0.5, 0.6) is 0 Å². The molecular weight excluding hydrogens is 226 g/mol. The van der Waals surface area contributed by atoms with Gasteiger partial charge in [-0.25, -0.2) is 4.98 Å². The Balaban J connectivity index is 1.76. The van der Waals surface area contributed by atoms with Crippen molar-refractivity contribution in [2.45, 2.75) is 50.8 Å². The van der Waals surface area contributed by atoms with E-state index in [1.807, 2.05) is 0 Å². The molecule has 1 saturated carbocycles. The third-order valence-corrected chi connectivity index (χ3v) is 4.46. The van der Waals surface area contributed by atoms with E-state index in [-0.39, 0.29) is 0 Å². The molecule has 0 aliphatic heterocycles. The van der Waals surface area contributed by atoms with Crippen molar-refractivity contribution in [2.75, 3.05) is 0 Å². The average molecular weight is 244 g/mol. The summed E-state index contributed by atoms with van der Waals surface area (Å²) in [6, 6.07) is 0. The minimum atomic E-state index is 0.555. The van der Waals surface area contributed by atoms with Gasteiger partial charge in [0.1, 0.15) is 0 Å². The molecule has 0 amide bonds. The molecule has 15 heavy (non-hydrogen) atoms. The van der Waals surface area contributed by atoms with Crippen LogP contribution in [-0.4, -0.2) is 4.98 Å². The molecule has 0 unspecified atom stereocenters. The third-order valence-electron chi connectivity index (χ3n) is 3.23. The molecule has 2 rings (SSSR count). The van der Waals surface area contributed by atoms with Crippen molar-refractivity contribution >= 4 is 22.9 Å². The van der Waals surface area contributed by atoms with E-state index in [4.69, 9.17) is 11.6 Å². The molecule has 0 N–H and O–H groups in total. The highest BCUT2D eigenvalue weighted by Gasteiger charge is 2.13. The summed E-state index contributed by atoms with van der Waals surface area (Å²) >= 11 is 7.50. The first-order valence-corrected chi connectivity index (χ1v) is 7.29. The molecule has 3 heteroatoms. The maximum absolute atomic E-state index is 5.73. The van der Waals surface area contributed by atoms with Gasteiger partial charge in [0.05, 0.1) is 16.6 Å². The largest absolute Gasteiger partial charge is 0.245 e. The first kappa shape index (κ1) is 11.4. The highest BCUT2D eigenvalue weighted by Crippen LogP contribution is 2.28. The second-order valence-corrected chi connectivity index (χ2v) is 5.62. The highest BCUT2D eigenvalue weighted by atomic mass is 35.5. The van der Waals surface area contributed by atoms with Crippen LogP contribution in [-0.2, 0) is 12.3 Å². The van der Waals surface area contributed by atoms with Crippen molar-refractivity contribution in [3.05, 3.63) is 16.1 Å². The predicted molar refractivity (Wildman–Crippen MR) is 66.6 cm³/mol. The zero-order valence-corrected chi connectivity index (χ0v) is 10.6. The van der Waals surface area contributed by atoms with E-state index < -0.39 is 0 Å². The Morgan fingerprint density at radius 3 is 2.80 bits per heavy atom. The number of alkyl halides is 1. The number of aryl methyl sites for hydroxylation is 1. The summed E-state index contributed by atoms with van der Waals surface area (Å²) in [4.78, 5) is 4.50. The van der Waals surface area contributed by atoms with Crippen molar-refractivity contribution in [1.29, 1.82) is 0 Å². The number of aromatic nitrogens is 1. The molecule has 1 aliphatic rings. The Morgan fingerprint density at radius 1 is 1.33 bits per heavy atom. The molecule has 84 valence electrons. The number of halogens is 1. The number of nitrogens with zero attached hydrogens (tertiary/aromatic N) is 1. The zero-order chi connectivity index (χ0) is 10.5. The van der Waals surface area contributed by atoms with Gasteiger partial charge in [0.15, 0.2) is 0 Å². The number of thiazole rings is 1. The standard InChI is InChI=1S/C12H18ClNS/c13-8-11-9-15-12(14-11)7-6-10-4-2-1-3-5-10/h9-10H,1-8H2. The minimum Gasteiger partial charge on any atom is -0.245 e. The van der Waals surface area contributed by atoms with Crippen LogP contribution in [0.2, 0.25) is 0 Å². The van der Waals surface area contributed by atoms with Crippen LogP contribution in [0.1, 0.15) is 49.2 Å². The van der Waals surface area contributed by atoms with E-state index in [9.17, 15) is 0 Å². The molecule has 1 nitrogen and oxygen atoms in total. The summed E-state index contributed by atoms with van der Waals surface area (Å²) in [6.45, 7) is 0. The van der Waals surface area contributed by atoms with Crippen LogP contribution in [0.3, 0.4) is 0 Å². The number of hydrogen-bond acceptors (Lipinski definition) is 2. The summed E-state index contributed by atoms with van der Waals surface area (Å²) < 4.78 is 0. The molecule has 0 spiro atoms. The van der Waals surface area contributed by atoms with Crippen molar-refractivity contribution in [3.63, 3.8) is 0 Å². The molecule has 1 aliphatic carbocycles. The molecule has 1 fully saturated rings. The van der Waals surface area contributed by atoms with E-state index in [2.05, 4.69) is 10.4 Å². The fourth-order valence-corrected chi connectivity index (χ4v) is 3.37. The highest BCUT2D eigenvalue weighted by molar-refractivity contribution is 7.09. The van der Waals surface area contributed by atoms with E-state index in [0.717, 1.165) is 18.0 Å². The first-order valence-electron chi connectivity index (χ1n) is 5.87. The maximum atomic E-state index is 5.73. The molecule has 1 heterocycles. The molecule has 0 radical (unpaired) electrons. The monoisotopic (exact) mass is 243 g/mol. The van der Waals surface area contributed by atoms with E-state index in [0.29, 0.717) is 5.88 Å². The molecule has 1 aromatic rings. The van der Waals surface area contributed by atoms with Crippen molar-refractivity contribution in [3.8, 4) is 0 Å². The lowest BCUT2D eigenvalue weighted by Crippen LogP contribution is -2.07. The van der Waals surface area contributed by atoms with Crippen molar-refractivity contribution < 1.29 is 0 Å². The summed E-state index contributed by atoms with van der Waals surface area (Å²) in [5.41, 5.74) is 1.04. The number of rotatable bonds is 4. The van der Waals surface area contributed by atoms with Gasteiger partial charge < -0.3 is 0 Å². The first-order chi connectivity index (χ1) is 7.38. The Bertz CT molecular complexity index is 292. The lowest BCUT2D eigenvalue weighted by Gasteiger charge is -2.20. The second kappa shape index (κ2) is 5.86. The van der Waals surface area contributed by atoms with E-state index in [1.54, 1.807) is 11.3 Å². The van der Waals surface area contributed by atoms with Gasteiger partial charge in [-0.3, -0.25) is 0 Å². The van der Waals surface area contributed by atoms with Crippen LogP contribution < -0.4 is 0 Å². The van der Waals surface area contributed by atoms with Gasteiger partial charge in [0.2, 0.25) is 0 Å². The Morgan fingerprint density at radius 2 is 2.13 bits per heavy atom. The van der Waals surface area contributed by atoms with E-state index >= 15 is 0 Å². The molecule has 0 atom stereocenters. The average Bonchev–Trinajstić information content (AvgIpc) is 2.76. The Labute approximate surface area is 101 Å². The normalized spacial score (nSPS) is 18.2. The van der Waals surface area contributed by atoms with Crippen LogP contribution in [0.15, 0.2) is 5.38 Å². The Kier molecular flexibility index (Phi) is 4.45. The SMILES string of the molecule is ClCc1csc(CCC2CCCCC2)n1. The van der Waals surface area contributed by atoms with E-state index in [1.165, 1.54) is 43.5 Å². The van der Waals surface area contributed by atoms with Gasteiger partial charge in [-0.05, 0) is 18.8 Å². The fraction of sp³-hybridized carbons (Fsp3) is 0.750. The third kappa shape index (κ3) is 3.46. The summed E-state index contributed by atoms with van der Waals surface area (Å²) in [5, 5.41) is 3.36. The lowest BCUT2D eigenvalue weighted by atomic mass is 9.86. The summed E-state index contributed by atoms with van der Waals surface area (Å²) in [6.07, 6.45) is 9.69. The fourth-order valence-electron chi connectivity index (χ4n) is 2.33. The Hall–Kier alpha value is -0.0800. The summed E-state index contributed by atoms with van der Waals surface area (Å²) in [5.74, 6) is 1.52. The summed E-state index contributed by atoms with van der Waals surface area (Å²) in [7, 11) is 0. The smallest absolute Gasteiger partial charge is 0.0928 e. The van der Waals surface area contributed by atoms with Crippen LogP contribution in [0.4, 0.5) is 0 Å². The molecule has 0 bridgehead atoms. The molecule has 1 aromatic heterocycles. The lowest BCUT2D eigenvalue weighted by molar-refractivity contribution is 0.339. The molecule has 0 aromatic carbocycles. The van der Waals surface area contributed by atoms with Gasteiger partial charge in [-0.1, -0.05) is 32.1 Å². The number of hydrogen-bond donors (Lipinski definition) is 0. The minimum absolute atomic E-state index is 0.555. The maximum Gasteiger partial charge on any atom is 0.0928 e. The van der Waals surface area contributed by atoms with Crippen molar-refractivity contribution in [2.24, 2.45) is 5.92 Å². The quantitative estimate of drug-likeness (QED) is 0.715. The second-order valence-electron chi connectivity index (χ2n) is 4.41. The zero-order valence-electron chi connectivity index (χ0n) is 9.04. The van der Waals surface area contributed by atoms with Gasteiger partial charge in [-0.15, -0.1) is 22.9 Å².